The minimum absolute atomic E-state index is 0.0246. The predicted octanol–water partition coefficient (Wildman–Crippen LogP) is 2.35. The van der Waals surface area contributed by atoms with Crippen molar-refractivity contribution in [3.8, 4) is 0 Å². The Bertz CT molecular complexity index is 753. The van der Waals surface area contributed by atoms with Gasteiger partial charge in [0.05, 0.1) is 17.4 Å². The number of fused-ring (bicyclic) bond motifs is 1. The molecule has 94 valence electrons. The molecule has 5 nitrogen and oxygen atoms in total. The number of anilines is 1. The number of hydrogen-bond acceptors (Lipinski definition) is 3. The van der Waals surface area contributed by atoms with Gasteiger partial charge in [0.2, 0.25) is 5.95 Å². The van der Waals surface area contributed by atoms with Crippen molar-refractivity contribution in [2.75, 3.05) is 5.32 Å². The highest BCUT2D eigenvalue weighted by Gasteiger charge is 2.10. The summed E-state index contributed by atoms with van der Waals surface area (Å²) >= 11 is 0. The number of carbonyl (C=O) groups is 1. The Hall–Kier alpha value is -2.76. The number of para-hydroxylation sites is 1. The van der Waals surface area contributed by atoms with Crippen LogP contribution in [0.3, 0.4) is 0 Å². The van der Waals surface area contributed by atoms with Gasteiger partial charge in [0.15, 0.2) is 0 Å². The number of halogens is 1. The second kappa shape index (κ2) is 4.49. The summed E-state index contributed by atoms with van der Waals surface area (Å²) in [6, 6.07) is 9.48. The Morgan fingerprint density at radius 2 is 2.05 bits per heavy atom. The van der Waals surface area contributed by atoms with Crippen LogP contribution in [0.15, 0.2) is 42.6 Å². The number of aromatic amines is 1. The summed E-state index contributed by atoms with van der Waals surface area (Å²) in [4.78, 5) is 15.5. The van der Waals surface area contributed by atoms with Crippen LogP contribution in [0.25, 0.3) is 10.9 Å². The molecule has 2 N–H and O–H groups in total. The van der Waals surface area contributed by atoms with Crippen LogP contribution in [0.1, 0.15) is 10.5 Å². The number of nitrogens with one attached hydrogen (secondary N) is 2. The largest absolute Gasteiger partial charge is 0.319 e. The first-order chi connectivity index (χ1) is 9.24. The van der Waals surface area contributed by atoms with Crippen LogP contribution in [0.2, 0.25) is 0 Å². The van der Waals surface area contributed by atoms with Crippen LogP contribution >= 0.6 is 0 Å². The lowest BCUT2D eigenvalue weighted by Gasteiger charge is -2.05. The maximum atomic E-state index is 13.0. The summed E-state index contributed by atoms with van der Waals surface area (Å²) in [7, 11) is 0. The summed E-state index contributed by atoms with van der Waals surface area (Å²) in [6.45, 7) is 0. The molecule has 0 aliphatic heterocycles. The van der Waals surface area contributed by atoms with E-state index in [0.29, 0.717) is 11.2 Å². The maximum Gasteiger partial charge on any atom is 0.274 e. The van der Waals surface area contributed by atoms with E-state index in [4.69, 9.17) is 0 Å². The smallest absolute Gasteiger partial charge is 0.274 e. The third kappa shape index (κ3) is 2.15. The molecule has 0 atom stereocenters. The van der Waals surface area contributed by atoms with Crippen LogP contribution < -0.4 is 5.32 Å². The van der Waals surface area contributed by atoms with Gasteiger partial charge in [-0.1, -0.05) is 18.2 Å². The first-order valence-corrected chi connectivity index (χ1v) is 5.60. The average molecular weight is 256 g/mol. The lowest BCUT2D eigenvalue weighted by Crippen LogP contribution is -2.14. The van der Waals surface area contributed by atoms with Crippen molar-refractivity contribution in [1.82, 2.24) is 15.2 Å². The number of aromatic nitrogens is 3. The molecule has 0 fully saturated rings. The summed E-state index contributed by atoms with van der Waals surface area (Å²) in [5.41, 5.74) is 1.31. The van der Waals surface area contributed by atoms with E-state index < -0.39 is 11.9 Å². The van der Waals surface area contributed by atoms with Gasteiger partial charge >= 0.3 is 0 Å². The monoisotopic (exact) mass is 256 g/mol. The van der Waals surface area contributed by atoms with Gasteiger partial charge in [0.25, 0.3) is 5.91 Å². The highest BCUT2D eigenvalue weighted by Crippen LogP contribution is 2.20. The molecule has 3 aromatic rings. The van der Waals surface area contributed by atoms with Crippen LogP contribution in [0, 0.1) is 5.95 Å². The van der Waals surface area contributed by atoms with Crippen molar-refractivity contribution in [3.63, 3.8) is 0 Å². The van der Waals surface area contributed by atoms with Crippen molar-refractivity contribution in [2.24, 2.45) is 0 Å². The molecule has 0 radical (unpaired) electrons. The number of benzene rings is 1. The van der Waals surface area contributed by atoms with Gasteiger partial charge < -0.3 is 5.32 Å². The SMILES string of the molecule is O=C(Nc1cccc2cn[nH]c12)c1cccc(F)n1. The minimum Gasteiger partial charge on any atom is -0.319 e. The van der Waals surface area contributed by atoms with E-state index in [0.717, 1.165) is 5.39 Å². The molecule has 0 aliphatic rings. The Kier molecular flexibility index (Phi) is 2.68. The van der Waals surface area contributed by atoms with Crippen LogP contribution in [-0.2, 0) is 0 Å². The molecule has 2 aromatic heterocycles. The number of nitrogens with zero attached hydrogens (tertiary/aromatic N) is 2. The van der Waals surface area contributed by atoms with Crippen LogP contribution in [-0.4, -0.2) is 21.1 Å². The number of pyridine rings is 1. The first-order valence-electron chi connectivity index (χ1n) is 5.60. The molecule has 0 aliphatic carbocycles. The summed E-state index contributed by atoms with van der Waals surface area (Å²) in [6.07, 6.45) is 1.66. The number of H-pyrrole nitrogens is 1. The van der Waals surface area contributed by atoms with Crippen molar-refractivity contribution in [2.45, 2.75) is 0 Å². The zero-order valence-electron chi connectivity index (χ0n) is 9.72. The summed E-state index contributed by atoms with van der Waals surface area (Å²) < 4.78 is 13.0. The number of carbonyl (C=O) groups excluding carboxylic acids is 1. The third-order valence-electron chi connectivity index (χ3n) is 2.67. The highest BCUT2D eigenvalue weighted by atomic mass is 19.1. The maximum absolute atomic E-state index is 13.0. The predicted molar refractivity (Wildman–Crippen MR) is 68.2 cm³/mol. The van der Waals surface area contributed by atoms with Gasteiger partial charge in [-0.3, -0.25) is 9.89 Å². The molecule has 0 bridgehead atoms. The van der Waals surface area contributed by atoms with Gasteiger partial charge in [-0.25, -0.2) is 4.98 Å². The van der Waals surface area contributed by atoms with Gasteiger partial charge in [-0.05, 0) is 18.2 Å². The van der Waals surface area contributed by atoms with Gasteiger partial charge in [0.1, 0.15) is 5.69 Å². The third-order valence-corrected chi connectivity index (χ3v) is 2.67. The molecule has 1 amide bonds. The minimum atomic E-state index is -0.688. The Labute approximate surface area is 107 Å². The number of rotatable bonds is 2. The Morgan fingerprint density at radius 3 is 2.89 bits per heavy atom. The van der Waals surface area contributed by atoms with E-state index in [-0.39, 0.29) is 5.69 Å². The van der Waals surface area contributed by atoms with Crippen LogP contribution in [0.4, 0.5) is 10.1 Å². The van der Waals surface area contributed by atoms with Gasteiger partial charge in [0, 0.05) is 5.39 Å². The molecule has 0 spiro atoms. The molecule has 1 aromatic carbocycles. The number of hydrogen-bond donors (Lipinski definition) is 2. The topological polar surface area (TPSA) is 70.7 Å². The van der Waals surface area contributed by atoms with E-state index in [1.54, 1.807) is 18.3 Å². The lowest BCUT2D eigenvalue weighted by molar-refractivity contribution is 0.102. The summed E-state index contributed by atoms with van der Waals surface area (Å²) in [5, 5.41) is 10.3. The zero-order valence-corrected chi connectivity index (χ0v) is 9.72. The second-order valence-corrected chi connectivity index (χ2v) is 3.94. The highest BCUT2D eigenvalue weighted by molar-refractivity contribution is 6.07. The van der Waals surface area contributed by atoms with Crippen molar-refractivity contribution >= 4 is 22.5 Å². The molecule has 3 rings (SSSR count). The molecular weight excluding hydrogens is 247 g/mol. The molecule has 2 heterocycles. The average Bonchev–Trinajstić information content (AvgIpc) is 2.88. The van der Waals surface area contributed by atoms with E-state index in [2.05, 4.69) is 20.5 Å². The van der Waals surface area contributed by atoms with E-state index >= 15 is 0 Å². The van der Waals surface area contributed by atoms with E-state index in [1.807, 2.05) is 6.07 Å². The number of amides is 1. The molecule has 0 unspecified atom stereocenters. The molecule has 0 saturated heterocycles. The molecule has 6 heteroatoms. The summed E-state index contributed by atoms with van der Waals surface area (Å²) in [5.74, 6) is -1.16. The quantitative estimate of drug-likeness (QED) is 0.691. The fourth-order valence-corrected chi connectivity index (χ4v) is 1.79. The molecule has 19 heavy (non-hydrogen) atoms. The van der Waals surface area contributed by atoms with E-state index in [1.165, 1.54) is 18.2 Å². The molecular formula is C13H9FN4O. The Balaban J connectivity index is 1.93. The van der Waals surface area contributed by atoms with Crippen molar-refractivity contribution in [3.05, 3.63) is 54.2 Å². The normalized spacial score (nSPS) is 10.6. The zero-order chi connectivity index (χ0) is 13.2. The Morgan fingerprint density at radius 1 is 1.21 bits per heavy atom. The van der Waals surface area contributed by atoms with Gasteiger partial charge in [-0.2, -0.15) is 9.49 Å². The second-order valence-electron chi connectivity index (χ2n) is 3.94. The lowest BCUT2D eigenvalue weighted by atomic mass is 10.2. The molecule has 0 saturated carbocycles. The standard InChI is InChI=1S/C13H9FN4O/c14-11-6-2-5-10(16-11)13(19)17-9-4-1-3-8-7-15-18-12(8)9/h1-7H,(H,15,18)(H,17,19). The fraction of sp³-hybridized carbons (Fsp3) is 0. The fourth-order valence-electron chi connectivity index (χ4n) is 1.79. The van der Waals surface area contributed by atoms with Crippen molar-refractivity contribution in [1.29, 1.82) is 0 Å². The van der Waals surface area contributed by atoms with Crippen LogP contribution in [0.5, 0.6) is 0 Å². The van der Waals surface area contributed by atoms with E-state index in [9.17, 15) is 9.18 Å². The van der Waals surface area contributed by atoms with Gasteiger partial charge in [-0.15, -0.1) is 0 Å². The first kappa shape index (κ1) is 11.3. The van der Waals surface area contributed by atoms with Crippen molar-refractivity contribution < 1.29 is 9.18 Å².